The minimum Gasteiger partial charge on any atom is -0.328 e. The molecule has 43 heavy (non-hydrogen) atoms. The first-order valence-electron chi connectivity index (χ1n) is 14.3. The highest BCUT2D eigenvalue weighted by Gasteiger charge is 2.31. The summed E-state index contributed by atoms with van der Waals surface area (Å²) in [5.41, 5.74) is 4.54. The maximum absolute atomic E-state index is 12.4. The number of thioether (sulfide) groups is 2. The van der Waals surface area contributed by atoms with Crippen LogP contribution >= 0.6 is 23.5 Å². The minimum atomic E-state index is -4.32. The Morgan fingerprint density at radius 3 is 1.95 bits per heavy atom. The number of rotatable bonds is 4. The lowest BCUT2D eigenvalue weighted by Crippen LogP contribution is -2.29. The molecule has 0 radical (unpaired) electrons. The standard InChI is InChI=1S/C13H13F3OS.C12H15F3N2S.C6H8O/c14-13(15,16)9-4-6-11(7-5-9)18-12-3-1-2-10(17)8-12;13-12(14,15)8-4-5-11(17-7-8)18-10-3-1-2-9(16)6-10;7-6-4-2-1-3-5-6/h4-7,12H,1-3,8H2;4-5,7,9-10H,1-3,6,16H2;2,4H,1,3,5H2. The number of hydrogen-bond acceptors (Lipinski definition) is 6. The topological polar surface area (TPSA) is 73.0 Å². The molecule has 1 aromatic heterocycles. The van der Waals surface area contributed by atoms with Crippen LogP contribution in [0.25, 0.3) is 0 Å². The average molecular weight is 647 g/mol. The molecule has 236 valence electrons. The molecule has 3 aliphatic carbocycles. The molecule has 2 aromatic rings. The highest BCUT2D eigenvalue weighted by Crippen LogP contribution is 2.36. The summed E-state index contributed by atoms with van der Waals surface area (Å²) in [7, 11) is 0. The van der Waals surface area contributed by atoms with Crippen molar-refractivity contribution in [1.82, 2.24) is 4.98 Å². The van der Waals surface area contributed by atoms with Gasteiger partial charge in [0.1, 0.15) is 5.78 Å². The zero-order chi connectivity index (χ0) is 31.5. The number of aromatic nitrogens is 1. The van der Waals surface area contributed by atoms with E-state index in [1.165, 1.54) is 41.7 Å². The van der Waals surface area contributed by atoms with Crippen molar-refractivity contribution in [2.45, 2.75) is 109 Å². The van der Waals surface area contributed by atoms with Crippen LogP contribution in [0.15, 0.2) is 64.7 Å². The van der Waals surface area contributed by atoms with E-state index in [0.717, 1.165) is 87.1 Å². The Bertz CT molecular complexity index is 1200. The minimum absolute atomic E-state index is 0.211. The normalized spacial score (nSPS) is 22.6. The first-order chi connectivity index (χ1) is 20.3. The Kier molecular flexibility index (Phi) is 13.6. The summed E-state index contributed by atoms with van der Waals surface area (Å²) in [4.78, 5) is 26.3. The molecule has 3 unspecified atom stereocenters. The van der Waals surface area contributed by atoms with Gasteiger partial charge in [0.25, 0.3) is 0 Å². The van der Waals surface area contributed by atoms with Crippen LogP contribution in [0.4, 0.5) is 26.3 Å². The van der Waals surface area contributed by atoms with Gasteiger partial charge < -0.3 is 5.73 Å². The predicted octanol–water partition coefficient (Wildman–Crippen LogP) is 9.07. The van der Waals surface area contributed by atoms with Crippen molar-refractivity contribution in [2.24, 2.45) is 5.73 Å². The first-order valence-corrected chi connectivity index (χ1v) is 16.1. The number of carbonyl (C=O) groups is 2. The summed E-state index contributed by atoms with van der Waals surface area (Å²) in [6, 6.07) is 7.87. The van der Waals surface area contributed by atoms with Crippen molar-refractivity contribution in [3.63, 3.8) is 0 Å². The van der Waals surface area contributed by atoms with E-state index >= 15 is 0 Å². The largest absolute Gasteiger partial charge is 0.417 e. The van der Waals surface area contributed by atoms with E-state index in [0.29, 0.717) is 23.1 Å². The molecule has 3 atom stereocenters. The quantitative estimate of drug-likeness (QED) is 0.334. The second kappa shape index (κ2) is 16.7. The Labute approximate surface area is 256 Å². The number of ketones is 2. The van der Waals surface area contributed by atoms with Crippen molar-refractivity contribution in [3.8, 4) is 0 Å². The Balaban J connectivity index is 0.000000193. The molecule has 5 rings (SSSR count). The molecule has 0 spiro atoms. The molecule has 3 aliphatic rings. The van der Waals surface area contributed by atoms with E-state index < -0.39 is 23.5 Å². The molecule has 2 saturated carbocycles. The molecule has 2 N–H and O–H groups in total. The highest BCUT2D eigenvalue weighted by molar-refractivity contribution is 8.00. The van der Waals surface area contributed by atoms with Gasteiger partial charge in [0.2, 0.25) is 0 Å². The predicted molar refractivity (Wildman–Crippen MR) is 158 cm³/mol. The Hall–Kier alpha value is -2.31. The van der Waals surface area contributed by atoms with Crippen LogP contribution in [0.2, 0.25) is 0 Å². The third kappa shape index (κ3) is 13.1. The summed E-state index contributed by atoms with van der Waals surface area (Å²) in [5, 5.41) is 1.23. The van der Waals surface area contributed by atoms with Crippen molar-refractivity contribution in [2.75, 3.05) is 0 Å². The number of allylic oxidation sites excluding steroid dienone is 2. The molecule has 0 amide bonds. The van der Waals surface area contributed by atoms with Gasteiger partial charge in [0.05, 0.1) is 16.2 Å². The van der Waals surface area contributed by atoms with Crippen LogP contribution in [-0.4, -0.2) is 33.1 Å². The van der Waals surface area contributed by atoms with Gasteiger partial charge >= 0.3 is 12.4 Å². The fraction of sp³-hybridized carbons (Fsp3) is 0.516. The fourth-order valence-electron chi connectivity index (χ4n) is 4.77. The Morgan fingerprint density at radius 1 is 0.767 bits per heavy atom. The van der Waals surface area contributed by atoms with Gasteiger partial charge in [-0.25, -0.2) is 4.98 Å². The third-order valence-corrected chi connectivity index (χ3v) is 9.56. The van der Waals surface area contributed by atoms with Crippen LogP contribution in [0.3, 0.4) is 0 Å². The van der Waals surface area contributed by atoms with E-state index in [-0.39, 0.29) is 22.9 Å². The van der Waals surface area contributed by atoms with Gasteiger partial charge in [-0.05, 0) is 87.4 Å². The molecular formula is C31H36F6N2O2S2. The monoisotopic (exact) mass is 646 g/mol. The number of halogens is 6. The van der Waals surface area contributed by atoms with Gasteiger partial charge in [-0.2, -0.15) is 26.3 Å². The van der Waals surface area contributed by atoms with E-state index in [1.54, 1.807) is 6.08 Å². The summed E-state index contributed by atoms with van der Waals surface area (Å²) in [5.74, 6) is 0.539. The van der Waals surface area contributed by atoms with Gasteiger partial charge in [0, 0.05) is 46.9 Å². The van der Waals surface area contributed by atoms with Gasteiger partial charge in [-0.1, -0.05) is 12.5 Å². The molecule has 0 bridgehead atoms. The first kappa shape index (κ1) is 35.2. The number of nitrogens with zero attached hydrogens (tertiary/aromatic N) is 1. The van der Waals surface area contributed by atoms with Crippen LogP contribution in [0.5, 0.6) is 0 Å². The van der Waals surface area contributed by atoms with E-state index in [9.17, 15) is 35.9 Å². The number of Topliss-reactive ketones (excluding diaryl/α,β-unsaturated/α-hetero) is 1. The molecule has 12 heteroatoms. The number of carbonyl (C=O) groups excluding carboxylic acids is 2. The van der Waals surface area contributed by atoms with E-state index in [1.807, 2.05) is 6.08 Å². The molecule has 1 aromatic carbocycles. The zero-order valence-electron chi connectivity index (χ0n) is 23.6. The lowest BCUT2D eigenvalue weighted by molar-refractivity contribution is -0.138. The molecule has 0 aliphatic heterocycles. The zero-order valence-corrected chi connectivity index (χ0v) is 25.3. The maximum Gasteiger partial charge on any atom is 0.417 e. The van der Waals surface area contributed by atoms with Crippen molar-refractivity contribution >= 4 is 35.1 Å². The summed E-state index contributed by atoms with van der Waals surface area (Å²) < 4.78 is 74.2. The maximum atomic E-state index is 12.4. The van der Waals surface area contributed by atoms with Gasteiger partial charge in [0.15, 0.2) is 5.78 Å². The molecule has 0 saturated heterocycles. The third-order valence-electron chi connectivity index (χ3n) is 7.04. The molecular weight excluding hydrogens is 610 g/mol. The molecule has 2 fully saturated rings. The van der Waals surface area contributed by atoms with E-state index in [2.05, 4.69) is 4.98 Å². The van der Waals surface area contributed by atoms with Crippen LogP contribution in [0, 0.1) is 0 Å². The Morgan fingerprint density at radius 2 is 1.44 bits per heavy atom. The molecule has 4 nitrogen and oxygen atoms in total. The van der Waals surface area contributed by atoms with Crippen LogP contribution in [-0.2, 0) is 21.9 Å². The fourth-order valence-corrected chi connectivity index (χ4v) is 7.23. The number of nitrogens with two attached hydrogens (primary N) is 1. The van der Waals surface area contributed by atoms with Crippen molar-refractivity contribution < 1.29 is 35.9 Å². The van der Waals surface area contributed by atoms with Gasteiger partial charge in [-0.3, -0.25) is 9.59 Å². The van der Waals surface area contributed by atoms with Crippen LogP contribution in [0.1, 0.15) is 81.8 Å². The number of alkyl halides is 6. The summed E-state index contributed by atoms with van der Waals surface area (Å²) in [6.45, 7) is 0. The summed E-state index contributed by atoms with van der Waals surface area (Å²) in [6.07, 6.45) is 5.90. The number of hydrogen-bond donors (Lipinski definition) is 1. The van der Waals surface area contributed by atoms with E-state index in [4.69, 9.17) is 5.73 Å². The van der Waals surface area contributed by atoms with Crippen molar-refractivity contribution in [1.29, 1.82) is 0 Å². The SMILES string of the molecule is NC1CCCC(Sc2ccc(C(F)(F)F)cn2)C1.O=C1C=CCCC1.O=C1CCCC(Sc2ccc(C(F)(F)F)cc2)C1. The smallest absolute Gasteiger partial charge is 0.328 e. The number of benzene rings is 1. The number of pyridine rings is 1. The average Bonchev–Trinajstić information content (AvgIpc) is 2.94. The lowest BCUT2D eigenvalue weighted by atomic mass is 9.96. The van der Waals surface area contributed by atoms with Gasteiger partial charge in [-0.15, -0.1) is 23.5 Å². The molecule has 1 heterocycles. The summed E-state index contributed by atoms with van der Waals surface area (Å²) >= 11 is 3.03. The lowest BCUT2D eigenvalue weighted by Gasteiger charge is -2.25. The van der Waals surface area contributed by atoms with Crippen molar-refractivity contribution in [3.05, 3.63) is 65.9 Å². The second-order valence-corrected chi connectivity index (χ2v) is 13.4. The highest BCUT2D eigenvalue weighted by atomic mass is 32.2. The second-order valence-electron chi connectivity index (χ2n) is 10.7. The van der Waals surface area contributed by atoms with Crippen LogP contribution < -0.4 is 5.73 Å².